The summed E-state index contributed by atoms with van der Waals surface area (Å²) in [6.07, 6.45) is 2.24. The van der Waals surface area contributed by atoms with Crippen LogP contribution in [-0.2, 0) is 16.4 Å². The fourth-order valence-electron chi connectivity index (χ4n) is 1.60. The number of hydrogen-bond acceptors (Lipinski definition) is 5. The highest BCUT2D eigenvalue weighted by molar-refractivity contribution is 9.11. The molecule has 0 atom stereocenters. The predicted molar refractivity (Wildman–Crippen MR) is 87.3 cm³/mol. The van der Waals surface area contributed by atoms with Crippen molar-refractivity contribution >= 4 is 58.9 Å². The number of nitrogens with zero attached hydrogens (tertiary/aromatic N) is 1. The van der Waals surface area contributed by atoms with E-state index in [0.717, 1.165) is 5.01 Å². The van der Waals surface area contributed by atoms with Gasteiger partial charge in [-0.2, -0.15) is 0 Å². The van der Waals surface area contributed by atoms with Crippen molar-refractivity contribution in [1.82, 2.24) is 9.71 Å². The zero-order valence-electron chi connectivity index (χ0n) is 10.1. The zero-order chi connectivity index (χ0) is 14.8. The number of sulfonamides is 1. The molecule has 1 aromatic heterocycles. The number of nitrogen functional groups attached to an aromatic ring is 1. The zero-order valence-corrected chi connectivity index (χ0v) is 14.9. The first-order valence-corrected chi connectivity index (χ1v) is 9.47. The van der Waals surface area contributed by atoms with Crippen LogP contribution in [0.1, 0.15) is 5.01 Å². The Balaban J connectivity index is 2.14. The van der Waals surface area contributed by atoms with Crippen molar-refractivity contribution in [2.45, 2.75) is 11.3 Å². The van der Waals surface area contributed by atoms with Crippen molar-refractivity contribution in [1.29, 1.82) is 0 Å². The molecule has 0 saturated heterocycles. The van der Waals surface area contributed by atoms with Crippen molar-refractivity contribution in [3.05, 3.63) is 37.7 Å². The first kappa shape index (κ1) is 15.9. The minimum atomic E-state index is -3.66. The average molecular weight is 441 g/mol. The summed E-state index contributed by atoms with van der Waals surface area (Å²) in [4.78, 5) is 4.15. The van der Waals surface area contributed by atoms with Gasteiger partial charge in [0.15, 0.2) is 0 Å². The molecule has 20 heavy (non-hydrogen) atoms. The monoisotopic (exact) mass is 439 g/mol. The van der Waals surface area contributed by atoms with Crippen molar-refractivity contribution < 1.29 is 8.42 Å². The number of benzene rings is 1. The fourth-order valence-corrected chi connectivity index (χ4v) is 5.32. The topological polar surface area (TPSA) is 85.1 Å². The number of rotatable bonds is 5. The highest BCUT2D eigenvalue weighted by Crippen LogP contribution is 2.31. The molecule has 0 radical (unpaired) electrons. The molecule has 0 saturated carbocycles. The number of halogens is 2. The van der Waals surface area contributed by atoms with E-state index in [9.17, 15) is 8.42 Å². The molecule has 0 unspecified atom stereocenters. The van der Waals surface area contributed by atoms with Crippen molar-refractivity contribution in [2.24, 2.45) is 0 Å². The maximum absolute atomic E-state index is 12.3. The molecule has 9 heteroatoms. The highest BCUT2D eigenvalue weighted by Gasteiger charge is 2.21. The lowest BCUT2D eigenvalue weighted by Crippen LogP contribution is -2.27. The smallest absolute Gasteiger partial charge is 0.243 e. The Morgan fingerprint density at radius 2 is 2.10 bits per heavy atom. The van der Waals surface area contributed by atoms with E-state index in [-0.39, 0.29) is 17.1 Å². The Morgan fingerprint density at radius 3 is 2.70 bits per heavy atom. The van der Waals surface area contributed by atoms with Gasteiger partial charge in [-0.3, -0.25) is 0 Å². The molecule has 2 aromatic rings. The molecule has 108 valence electrons. The Hall–Kier alpha value is -0.480. The lowest BCUT2D eigenvalue weighted by atomic mass is 10.3. The standard InChI is InChI=1S/C11H11Br2N3O2S2/c12-7-5-8(13)11(9(14)6-7)20(17,18)16-2-1-10-15-3-4-19-10/h3-6,16H,1-2,14H2. The van der Waals surface area contributed by atoms with E-state index >= 15 is 0 Å². The Kier molecular flexibility index (Phi) is 5.19. The van der Waals surface area contributed by atoms with Crippen LogP contribution in [0.5, 0.6) is 0 Å². The summed E-state index contributed by atoms with van der Waals surface area (Å²) in [7, 11) is -3.66. The van der Waals surface area contributed by atoms with E-state index in [1.807, 2.05) is 5.38 Å². The average Bonchev–Trinajstić information content (AvgIpc) is 2.79. The lowest BCUT2D eigenvalue weighted by molar-refractivity contribution is 0.581. The van der Waals surface area contributed by atoms with Crippen LogP contribution in [0, 0.1) is 0 Å². The molecule has 0 amide bonds. The number of thiazole rings is 1. The largest absolute Gasteiger partial charge is 0.398 e. The first-order chi connectivity index (χ1) is 9.40. The number of nitrogens with two attached hydrogens (primary N) is 1. The number of hydrogen-bond donors (Lipinski definition) is 2. The molecular formula is C11H11Br2N3O2S2. The van der Waals surface area contributed by atoms with Gasteiger partial charge in [0, 0.05) is 33.5 Å². The van der Waals surface area contributed by atoms with Crippen molar-refractivity contribution in [3.63, 3.8) is 0 Å². The second-order valence-electron chi connectivity index (χ2n) is 3.88. The van der Waals surface area contributed by atoms with Gasteiger partial charge in [0.05, 0.1) is 10.7 Å². The van der Waals surface area contributed by atoms with Crippen LogP contribution in [0.15, 0.2) is 37.6 Å². The van der Waals surface area contributed by atoms with Crippen LogP contribution in [0.25, 0.3) is 0 Å². The van der Waals surface area contributed by atoms with Crippen molar-refractivity contribution in [2.75, 3.05) is 12.3 Å². The Morgan fingerprint density at radius 1 is 1.35 bits per heavy atom. The van der Waals surface area contributed by atoms with Gasteiger partial charge in [-0.25, -0.2) is 18.1 Å². The molecule has 5 nitrogen and oxygen atoms in total. The van der Waals surface area contributed by atoms with Crippen LogP contribution in [0.4, 0.5) is 5.69 Å². The second-order valence-corrected chi connectivity index (χ2v) is 8.33. The fraction of sp³-hybridized carbons (Fsp3) is 0.182. The normalized spacial score (nSPS) is 11.7. The van der Waals surface area contributed by atoms with E-state index in [1.54, 1.807) is 18.3 Å². The third-order valence-electron chi connectivity index (χ3n) is 2.42. The summed E-state index contributed by atoms with van der Waals surface area (Å²) in [5, 5.41) is 2.74. The molecule has 0 aliphatic heterocycles. The van der Waals surface area contributed by atoms with Crippen LogP contribution >= 0.6 is 43.2 Å². The van der Waals surface area contributed by atoms with Gasteiger partial charge in [0.1, 0.15) is 4.90 Å². The quantitative estimate of drug-likeness (QED) is 0.700. The minimum absolute atomic E-state index is 0.0554. The molecule has 1 heterocycles. The maximum atomic E-state index is 12.3. The van der Waals surface area contributed by atoms with Gasteiger partial charge in [0.2, 0.25) is 10.0 Å². The molecule has 1 aromatic carbocycles. The molecule has 3 N–H and O–H groups in total. The molecule has 0 bridgehead atoms. The number of anilines is 1. The highest BCUT2D eigenvalue weighted by atomic mass is 79.9. The summed E-state index contributed by atoms with van der Waals surface area (Å²) in [5.41, 5.74) is 5.97. The van der Waals surface area contributed by atoms with E-state index in [1.165, 1.54) is 11.3 Å². The number of nitrogens with one attached hydrogen (secondary N) is 1. The van der Waals surface area contributed by atoms with E-state index in [4.69, 9.17) is 5.73 Å². The third kappa shape index (κ3) is 3.79. The molecule has 0 aliphatic carbocycles. The van der Waals surface area contributed by atoms with Crippen LogP contribution in [0.3, 0.4) is 0 Å². The van der Waals surface area contributed by atoms with Gasteiger partial charge < -0.3 is 5.73 Å². The van der Waals surface area contributed by atoms with Gasteiger partial charge in [-0.15, -0.1) is 11.3 Å². The molecular weight excluding hydrogens is 430 g/mol. The summed E-state index contributed by atoms with van der Waals surface area (Å²) in [6.45, 7) is 0.276. The van der Waals surface area contributed by atoms with Crippen LogP contribution < -0.4 is 10.5 Å². The molecule has 2 rings (SSSR count). The summed E-state index contributed by atoms with van der Waals surface area (Å²) in [5.74, 6) is 0. The van der Waals surface area contributed by atoms with E-state index in [2.05, 4.69) is 41.6 Å². The second kappa shape index (κ2) is 6.52. The van der Waals surface area contributed by atoms with Gasteiger partial charge in [-0.05, 0) is 28.1 Å². The SMILES string of the molecule is Nc1cc(Br)cc(Br)c1S(=O)(=O)NCCc1nccs1. The molecule has 0 aliphatic rings. The van der Waals surface area contributed by atoms with Gasteiger partial charge in [-0.1, -0.05) is 15.9 Å². The maximum Gasteiger partial charge on any atom is 0.243 e. The summed E-state index contributed by atoms with van der Waals surface area (Å²) >= 11 is 7.98. The van der Waals surface area contributed by atoms with Crippen molar-refractivity contribution in [3.8, 4) is 0 Å². The van der Waals surface area contributed by atoms with E-state index in [0.29, 0.717) is 15.4 Å². The molecule has 0 spiro atoms. The summed E-state index contributed by atoms with van der Waals surface area (Å²) < 4.78 is 28.2. The third-order valence-corrected chi connectivity index (χ3v) is 6.18. The lowest BCUT2D eigenvalue weighted by Gasteiger charge is -2.11. The Labute approximate surface area is 137 Å². The first-order valence-electron chi connectivity index (χ1n) is 5.52. The van der Waals surface area contributed by atoms with Gasteiger partial charge >= 0.3 is 0 Å². The van der Waals surface area contributed by atoms with Crippen LogP contribution in [0.2, 0.25) is 0 Å². The van der Waals surface area contributed by atoms with Gasteiger partial charge in [0.25, 0.3) is 0 Å². The minimum Gasteiger partial charge on any atom is -0.398 e. The summed E-state index contributed by atoms with van der Waals surface area (Å²) in [6, 6.07) is 3.20. The predicted octanol–water partition coefficient (Wildman–Crippen LogP) is 2.77. The molecule has 0 fully saturated rings. The Bertz CT molecular complexity index is 679. The number of aromatic nitrogens is 1. The van der Waals surface area contributed by atoms with E-state index < -0.39 is 10.0 Å². The van der Waals surface area contributed by atoms with Crippen LogP contribution in [-0.4, -0.2) is 19.9 Å².